The van der Waals surface area contributed by atoms with Crippen LogP contribution in [0, 0.1) is 0 Å². The molecular weight excluding hydrogens is 240 g/mol. The van der Waals surface area contributed by atoms with Gasteiger partial charge in [0.25, 0.3) is 5.91 Å². The first-order chi connectivity index (χ1) is 8.16. The predicted octanol–water partition coefficient (Wildman–Crippen LogP) is 1.51. The normalized spacial score (nSPS) is 12.4. The van der Waals surface area contributed by atoms with Crippen molar-refractivity contribution >= 4 is 17.2 Å². The van der Waals surface area contributed by atoms with Crippen molar-refractivity contribution < 1.29 is 14.4 Å². The highest BCUT2D eigenvalue weighted by atomic mass is 32.1. The van der Waals surface area contributed by atoms with Gasteiger partial charge >= 0.3 is 0 Å². The van der Waals surface area contributed by atoms with Crippen molar-refractivity contribution in [3.63, 3.8) is 0 Å². The lowest BCUT2D eigenvalue weighted by Crippen LogP contribution is -2.30. The molecule has 0 aliphatic heterocycles. The summed E-state index contributed by atoms with van der Waals surface area (Å²) in [5.74, 6) is 0.222. The summed E-state index contributed by atoms with van der Waals surface area (Å²) in [6.07, 6.45) is -0.581. The zero-order valence-electron chi connectivity index (χ0n) is 9.21. The van der Waals surface area contributed by atoms with Gasteiger partial charge in [0.2, 0.25) is 0 Å². The number of aliphatic hydroxyl groups excluding tert-OH is 1. The van der Waals surface area contributed by atoms with Crippen LogP contribution < -0.4 is 5.32 Å². The number of carbonyl (C=O) groups is 1. The van der Waals surface area contributed by atoms with Gasteiger partial charge in [-0.15, -0.1) is 11.3 Å². The minimum Gasteiger partial charge on any atom is -0.392 e. The lowest BCUT2D eigenvalue weighted by molar-refractivity contribution is 0.0915. The molecular formula is C11H12N2O3S. The van der Waals surface area contributed by atoms with Crippen molar-refractivity contribution in [2.75, 3.05) is 6.54 Å². The maximum atomic E-state index is 11.6. The molecule has 0 spiro atoms. The third-order valence-corrected chi connectivity index (χ3v) is 2.95. The number of rotatable bonds is 4. The molecule has 0 aliphatic carbocycles. The monoisotopic (exact) mass is 252 g/mol. The van der Waals surface area contributed by atoms with E-state index in [1.165, 1.54) is 11.3 Å². The van der Waals surface area contributed by atoms with Gasteiger partial charge < -0.3 is 14.9 Å². The molecule has 17 heavy (non-hydrogen) atoms. The van der Waals surface area contributed by atoms with Crippen LogP contribution in [-0.2, 0) is 0 Å². The summed E-state index contributed by atoms with van der Waals surface area (Å²) < 4.78 is 5.07. The van der Waals surface area contributed by atoms with Gasteiger partial charge in [-0.1, -0.05) is 11.2 Å². The van der Waals surface area contributed by atoms with E-state index in [0.29, 0.717) is 5.76 Å². The Kier molecular flexibility index (Phi) is 3.55. The quantitative estimate of drug-likeness (QED) is 0.865. The van der Waals surface area contributed by atoms with Gasteiger partial charge in [-0.05, 0) is 18.4 Å². The van der Waals surface area contributed by atoms with Crippen LogP contribution in [0.15, 0.2) is 28.1 Å². The van der Waals surface area contributed by atoms with E-state index in [2.05, 4.69) is 10.5 Å². The lowest BCUT2D eigenvalue weighted by Gasteiger charge is -2.03. The molecule has 0 radical (unpaired) electrons. The standard InChI is InChI=1S/C11H12N2O3S/c1-7(14)6-12-11(15)8-5-9(16-13-8)10-3-2-4-17-10/h2-5,7,14H,6H2,1H3,(H,12,15)/t7-/m0/s1. The highest BCUT2D eigenvalue weighted by molar-refractivity contribution is 7.13. The van der Waals surface area contributed by atoms with Gasteiger partial charge in [0.05, 0.1) is 11.0 Å². The van der Waals surface area contributed by atoms with E-state index >= 15 is 0 Å². The summed E-state index contributed by atoms with van der Waals surface area (Å²) in [4.78, 5) is 12.5. The molecule has 1 amide bonds. The molecule has 2 aromatic rings. The van der Waals surface area contributed by atoms with Crippen molar-refractivity contribution in [3.05, 3.63) is 29.3 Å². The second-order valence-electron chi connectivity index (χ2n) is 3.61. The molecule has 0 bridgehead atoms. The summed E-state index contributed by atoms with van der Waals surface area (Å²) in [5, 5.41) is 17.2. The average Bonchev–Trinajstić information content (AvgIpc) is 2.94. The summed E-state index contributed by atoms with van der Waals surface area (Å²) in [7, 11) is 0. The summed E-state index contributed by atoms with van der Waals surface area (Å²) in [6.45, 7) is 1.79. The Labute approximate surface area is 102 Å². The van der Waals surface area contributed by atoms with Crippen molar-refractivity contribution in [2.45, 2.75) is 13.0 Å². The Morgan fingerprint density at radius 1 is 1.71 bits per heavy atom. The minimum atomic E-state index is -0.581. The fourth-order valence-corrected chi connectivity index (χ4v) is 1.92. The van der Waals surface area contributed by atoms with Crippen molar-refractivity contribution in [1.29, 1.82) is 0 Å². The Hall–Kier alpha value is -1.66. The van der Waals surface area contributed by atoms with Crippen LogP contribution in [0.3, 0.4) is 0 Å². The first kappa shape index (κ1) is 11.8. The van der Waals surface area contributed by atoms with E-state index in [1.54, 1.807) is 13.0 Å². The number of carbonyl (C=O) groups excluding carboxylic acids is 1. The zero-order chi connectivity index (χ0) is 12.3. The van der Waals surface area contributed by atoms with Crippen molar-refractivity contribution in [2.24, 2.45) is 0 Å². The molecule has 0 fully saturated rings. The number of nitrogens with one attached hydrogen (secondary N) is 1. The van der Waals surface area contributed by atoms with E-state index in [1.807, 2.05) is 17.5 Å². The molecule has 0 unspecified atom stereocenters. The van der Waals surface area contributed by atoms with Gasteiger partial charge in [-0.25, -0.2) is 0 Å². The number of hydrogen-bond donors (Lipinski definition) is 2. The zero-order valence-corrected chi connectivity index (χ0v) is 10.0. The first-order valence-electron chi connectivity index (χ1n) is 5.13. The number of thiophene rings is 1. The van der Waals surface area contributed by atoms with Gasteiger partial charge in [-0.2, -0.15) is 0 Å². The second-order valence-corrected chi connectivity index (χ2v) is 4.56. The van der Waals surface area contributed by atoms with Crippen LogP contribution in [0.1, 0.15) is 17.4 Å². The van der Waals surface area contributed by atoms with E-state index in [4.69, 9.17) is 9.63 Å². The number of aliphatic hydroxyl groups is 1. The van der Waals surface area contributed by atoms with E-state index in [0.717, 1.165) is 4.88 Å². The van der Waals surface area contributed by atoms with Gasteiger partial charge in [0.1, 0.15) is 0 Å². The molecule has 5 nitrogen and oxygen atoms in total. The van der Waals surface area contributed by atoms with Crippen LogP contribution >= 0.6 is 11.3 Å². The Morgan fingerprint density at radius 3 is 3.18 bits per heavy atom. The summed E-state index contributed by atoms with van der Waals surface area (Å²) >= 11 is 1.51. The highest BCUT2D eigenvalue weighted by Gasteiger charge is 2.14. The van der Waals surface area contributed by atoms with E-state index in [9.17, 15) is 4.79 Å². The maximum absolute atomic E-state index is 11.6. The highest BCUT2D eigenvalue weighted by Crippen LogP contribution is 2.24. The van der Waals surface area contributed by atoms with E-state index < -0.39 is 6.10 Å². The number of aromatic nitrogens is 1. The molecule has 0 aliphatic rings. The average molecular weight is 252 g/mol. The summed E-state index contributed by atoms with van der Waals surface area (Å²) in [5.41, 5.74) is 0.217. The molecule has 2 aromatic heterocycles. The van der Waals surface area contributed by atoms with Crippen LogP contribution in [0.5, 0.6) is 0 Å². The van der Waals surface area contributed by atoms with Crippen LogP contribution in [0.25, 0.3) is 10.6 Å². The molecule has 1 atom stereocenters. The Bertz CT molecular complexity index is 491. The first-order valence-corrected chi connectivity index (χ1v) is 6.01. The second kappa shape index (κ2) is 5.11. The van der Waals surface area contributed by atoms with Gasteiger partial charge in [0, 0.05) is 12.6 Å². The third kappa shape index (κ3) is 2.92. The van der Waals surface area contributed by atoms with Crippen LogP contribution in [0.4, 0.5) is 0 Å². The Balaban J connectivity index is 2.05. The smallest absolute Gasteiger partial charge is 0.273 e. The van der Waals surface area contributed by atoms with Crippen molar-refractivity contribution in [1.82, 2.24) is 10.5 Å². The van der Waals surface area contributed by atoms with Crippen LogP contribution in [0.2, 0.25) is 0 Å². The summed E-state index contributed by atoms with van der Waals surface area (Å²) in [6, 6.07) is 5.38. The molecule has 0 saturated heterocycles. The molecule has 90 valence electrons. The molecule has 0 aromatic carbocycles. The van der Waals surface area contributed by atoms with Gasteiger partial charge in [-0.3, -0.25) is 4.79 Å². The molecule has 6 heteroatoms. The molecule has 2 heterocycles. The predicted molar refractivity (Wildman–Crippen MR) is 63.8 cm³/mol. The molecule has 2 N–H and O–H groups in total. The number of nitrogens with zero attached hydrogens (tertiary/aromatic N) is 1. The SMILES string of the molecule is C[C@H](O)CNC(=O)c1cc(-c2cccs2)on1. The van der Waals surface area contributed by atoms with Crippen molar-refractivity contribution in [3.8, 4) is 10.6 Å². The Morgan fingerprint density at radius 2 is 2.53 bits per heavy atom. The third-order valence-electron chi connectivity index (χ3n) is 2.06. The molecule has 2 rings (SSSR count). The van der Waals surface area contributed by atoms with Crippen LogP contribution in [-0.4, -0.2) is 28.8 Å². The topological polar surface area (TPSA) is 75.4 Å². The fraction of sp³-hybridized carbons (Fsp3) is 0.273. The van der Waals surface area contributed by atoms with E-state index in [-0.39, 0.29) is 18.1 Å². The minimum absolute atomic E-state index is 0.194. The fourth-order valence-electron chi connectivity index (χ4n) is 1.25. The maximum Gasteiger partial charge on any atom is 0.273 e. The largest absolute Gasteiger partial charge is 0.392 e. The number of hydrogen-bond acceptors (Lipinski definition) is 5. The molecule has 0 saturated carbocycles. The van der Waals surface area contributed by atoms with Gasteiger partial charge in [0.15, 0.2) is 11.5 Å². The lowest BCUT2D eigenvalue weighted by atomic mass is 10.3. The number of amides is 1.